The highest BCUT2D eigenvalue weighted by molar-refractivity contribution is 7.15. The molecule has 1 aliphatic carbocycles. The molecule has 2 N–H and O–H groups in total. The van der Waals surface area contributed by atoms with Gasteiger partial charge < -0.3 is 10.4 Å². The van der Waals surface area contributed by atoms with E-state index in [-0.39, 0.29) is 5.75 Å². The third-order valence-electron chi connectivity index (χ3n) is 3.95. The Labute approximate surface area is 144 Å². The van der Waals surface area contributed by atoms with Crippen LogP contribution in [0.2, 0.25) is 0 Å². The number of thiazole rings is 1. The molecule has 1 fully saturated rings. The van der Waals surface area contributed by atoms with Crippen LogP contribution in [0, 0.1) is 0 Å². The van der Waals surface area contributed by atoms with Gasteiger partial charge in [-0.15, -0.1) is 11.3 Å². The molecule has 6 heteroatoms. The molecule has 122 valence electrons. The molecule has 0 bridgehead atoms. The first-order chi connectivity index (χ1) is 11.7. The summed E-state index contributed by atoms with van der Waals surface area (Å²) in [4.78, 5) is 14.9. The average Bonchev–Trinajstić information content (AvgIpc) is 3.34. The predicted molar refractivity (Wildman–Crippen MR) is 95.9 cm³/mol. The Bertz CT molecular complexity index is 873. The van der Waals surface area contributed by atoms with Gasteiger partial charge in [0, 0.05) is 23.9 Å². The van der Waals surface area contributed by atoms with Gasteiger partial charge in [0.1, 0.15) is 5.75 Å². The summed E-state index contributed by atoms with van der Waals surface area (Å²) in [5.41, 5.74) is 2.86. The van der Waals surface area contributed by atoms with E-state index in [0.717, 1.165) is 27.7 Å². The number of aryl methyl sites for hydroxylation is 1. The number of anilines is 2. The third kappa shape index (κ3) is 3.10. The second-order valence-corrected chi connectivity index (χ2v) is 6.97. The summed E-state index contributed by atoms with van der Waals surface area (Å²) in [6.45, 7) is 2.13. The molecule has 1 aromatic carbocycles. The minimum atomic E-state index is 0.210. The molecular weight excluding hydrogens is 320 g/mol. The lowest BCUT2D eigenvalue weighted by Crippen LogP contribution is -1.98. The normalized spacial score (nSPS) is 13.9. The van der Waals surface area contributed by atoms with Crippen molar-refractivity contribution in [2.24, 2.45) is 0 Å². The summed E-state index contributed by atoms with van der Waals surface area (Å²) in [5.74, 6) is 1.32. The lowest BCUT2D eigenvalue weighted by Gasteiger charge is -2.07. The standard InChI is InChI=1S/C18H18N4OS/c1-2-15-22-16(11-6-7-11)17(24-15)14-8-9-19-18(21-14)20-12-4-3-5-13(23)10-12/h3-5,8-11,23H,2,6-7H2,1H3,(H,19,20,21). The number of nitrogens with zero attached hydrogens (tertiary/aromatic N) is 3. The molecular formula is C18H18N4OS. The van der Waals surface area contributed by atoms with Crippen molar-refractivity contribution in [2.75, 3.05) is 5.32 Å². The van der Waals surface area contributed by atoms with E-state index in [0.29, 0.717) is 11.9 Å². The van der Waals surface area contributed by atoms with Gasteiger partial charge in [-0.05, 0) is 37.5 Å². The zero-order valence-corrected chi connectivity index (χ0v) is 14.2. The predicted octanol–water partition coefficient (Wildman–Crippen LogP) is 4.49. The number of hydrogen-bond donors (Lipinski definition) is 2. The minimum absolute atomic E-state index is 0.210. The fourth-order valence-electron chi connectivity index (χ4n) is 2.60. The van der Waals surface area contributed by atoms with E-state index in [1.165, 1.54) is 18.5 Å². The zero-order valence-electron chi connectivity index (χ0n) is 13.4. The number of phenolic OH excluding ortho intramolecular Hbond substituents is 1. The van der Waals surface area contributed by atoms with Crippen LogP contribution in [0.3, 0.4) is 0 Å². The van der Waals surface area contributed by atoms with Crippen LogP contribution in [0.1, 0.15) is 36.4 Å². The molecule has 0 saturated heterocycles. The minimum Gasteiger partial charge on any atom is -0.508 e. The summed E-state index contributed by atoms with van der Waals surface area (Å²) < 4.78 is 0. The van der Waals surface area contributed by atoms with E-state index in [9.17, 15) is 5.11 Å². The van der Waals surface area contributed by atoms with Crippen molar-refractivity contribution in [3.8, 4) is 16.3 Å². The molecule has 1 saturated carbocycles. The van der Waals surface area contributed by atoms with Gasteiger partial charge in [-0.1, -0.05) is 13.0 Å². The molecule has 3 aromatic rings. The highest BCUT2D eigenvalue weighted by Crippen LogP contribution is 2.45. The van der Waals surface area contributed by atoms with Crippen LogP contribution in [0.4, 0.5) is 11.6 Å². The fourth-order valence-corrected chi connectivity index (χ4v) is 3.66. The Morgan fingerprint density at radius 1 is 1.25 bits per heavy atom. The van der Waals surface area contributed by atoms with Gasteiger partial charge >= 0.3 is 0 Å². The average molecular weight is 338 g/mol. The summed E-state index contributed by atoms with van der Waals surface area (Å²) in [6.07, 6.45) is 5.15. The van der Waals surface area contributed by atoms with Crippen LogP contribution in [-0.4, -0.2) is 20.1 Å². The Hall–Kier alpha value is -2.47. The van der Waals surface area contributed by atoms with Crippen molar-refractivity contribution >= 4 is 23.0 Å². The van der Waals surface area contributed by atoms with Crippen molar-refractivity contribution in [2.45, 2.75) is 32.1 Å². The van der Waals surface area contributed by atoms with Crippen LogP contribution in [0.5, 0.6) is 5.75 Å². The van der Waals surface area contributed by atoms with E-state index in [2.05, 4.69) is 22.2 Å². The Morgan fingerprint density at radius 2 is 2.12 bits per heavy atom. The van der Waals surface area contributed by atoms with Crippen LogP contribution in [0.25, 0.3) is 10.6 Å². The number of aromatic nitrogens is 3. The zero-order chi connectivity index (χ0) is 16.5. The van der Waals surface area contributed by atoms with Crippen LogP contribution < -0.4 is 5.32 Å². The number of hydrogen-bond acceptors (Lipinski definition) is 6. The lowest BCUT2D eigenvalue weighted by atomic mass is 10.2. The van der Waals surface area contributed by atoms with Crippen molar-refractivity contribution < 1.29 is 5.11 Å². The maximum absolute atomic E-state index is 9.57. The lowest BCUT2D eigenvalue weighted by molar-refractivity contribution is 0.475. The summed E-state index contributed by atoms with van der Waals surface area (Å²) in [5, 5.41) is 13.9. The first kappa shape index (κ1) is 15.1. The second kappa shape index (κ2) is 6.20. The summed E-state index contributed by atoms with van der Waals surface area (Å²) in [7, 11) is 0. The molecule has 24 heavy (non-hydrogen) atoms. The van der Waals surface area contributed by atoms with Gasteiger partial charge in [0.05, 0.1) is 21.3 Å². The molecule has 5 nitrogen and oxygen atoms in total. The van der Waals surface area contributed by atoms with Gasteiger partial charge in [-0.2, -0.15) is 0 Å². The molecule has 0 aliphatic heterocycles. The molecule has 4 rings (SSSR count). The van der Waals surface area contributed by atoms with Gasteiger partial charge in [0.15, 0.2) is 0 Å². The Balaban J connectivity index is 1.66. The van der Waals surface area contributed by atoms with Gasteiger partial charge in [-0.3, -0.25) is 0 Å². The SMILES string of the molecule is CCc1nc(C2CC2)c(-c2ccnc(Nc3cccc(O)c3)n2)s1. The molecule has 0 radical (unpaired) electrons. The number of phenols is 1. The molecule has 2 aromatic heterocycles. The quantitative estimate of drug-likeness (QED) is 0.717. The fraction of sp³-hybridized carbons (Fsp3) is 0.278. The van der Waals surface area contributed by atoms with Gasteiger partial charge in [0.25, 0.3) is 0 Å². The van der Waals surface area contributed by atoms with Crippen molar-refractivity contribution in [1.29, 1.82) is 0 Å². The molecule has 0 atom stereocenters. The Morgan fingerprint density at radius 3 is 2.88 bits per heavy atom. The molecule has 1 aliphatic rings. The first-order valence-electron chi connectivity index (χ1n) is 8.12. The monoisotopic (exact) mass is 338 g/mol. The Kier molecular flexibility index (Phi) is 3.90. The second-order valence-electron chi connectivity index (χ2n) is 5.89. The topological polar surface area (TPSA) is 70.9 Å². The van der Waals surface area contributed by atoms with Gasteiger partial charge in [0.2, 0.25) is 5.95 Å². The first-order valence-corrected chi connectivity index (χ1v) is 8.93. The van der Waals surface area contributed by atoms with Crippen molar-refractivity contribution in [1.82, 2.24) is 15.0 Å². The van der Waals surface area contributed by atoms with Crippen LogP contribution >= 0.6 is 11.3 Å². The molecule has 0 spiro atoms. The summed E-state index contributed by atoms with van der Waals surface area (Å²) >= 11 is 1.73. The third-order valence-corrected chi connectivity index (χ3v) is 5.19. The maximum atomic E-state index is 9.57. The number of nitrogens with one attached hydrogen (secondary N) is 1. The smallest absolute Gasteiger partial charge is 0.227 e. The van der Waals surface area contributed by atoms with E-state index < -0.39 is 0 Å². The highest BCUT2D eigenvalue weighted by atomic mass is 32.1. The maximum Gasteiger partial charge on any atom is 0.227 e. The largest absolute Gasteiger partial charge is 0.508 e. The van der Waals surface area contributed by atoms with E-state index in [1.54, 1.807) is 35.7 Å². The number of benzene rings is 1. The van der Waals surface area contributed by atoms with Gasteiger partial charge in [-0.25, -0.2) is 15.0 Å². The van der Waals surface area contributed by atoms with Crippen LogP contribution in [-0.2, 0) is 6.42 Å². The molecule has 0 unspecified atom stereocenters. The van der Waals surface area contributed by atoms with E-state index in [1.807, 2.05) is 12.1 Å². The van der Waals surface area contributed by atoms with Crippen molar-refractivity contribution in [3.05, 3.63) is 47.2 Å². The van der Waals surface area contributed by atoms with E-state index >= 15 is 0 Å². The molecule has 2 heterocycles. The number of rotatable bonds is 5. The summed E-state index contributed by atoms with van der Waals surface area (Å²) in [6, 6.07) is 8.87. The van der Waals surface area contributed by atoms with E-state index in [4.69, 9.17) is 4.98 Å². The van der Waals surface area contributed by atoms with Crippen molar-refractivity contribution in [3.63, 3.8) is 0 Å². The highest BCUT2D eigenvalue weighted by Gasteiger charge is 2.30. The molecule has 0 amide bonds. The van der Waals surface area contributed by atoms with Crippen LogP contribution in [0.15, 0.2) is 36.5 Å². The number of aromatic hydroxyl groups is 1.